The van der Waals surface area contributed by atoms with E-state index in [0.717, 1.165) is 0 Å². The van der Waals surface area contributed by atoms with E-state index in [-0.39, 0.29) is 5.57 Å². The van der Waals surface area contributed by atoms with Gasteiger partial charge in [0, 0.05) is 12.5 Å². The monoisotopic (exact) mass is 267 g/mol. The van der Waals surface area contributed by atoms with Gasteiger partial charge in [0.2, 0.25) is 6.29 Å². The Labute approximate surface area is 111 Å². The molecule has 0 heterocycles. The molecule has 0 radical (unpaired) electrons. The third kappa shape index (κ3) is 9.22. The second kappa shape index (κ2) is 8.57. The molecule has 0 aliphatic heterocycles. The molecule has 6 heteroatoms. The number of carboxylic acids is 1. The van der Waals surface area contributed by atoms with Crippen LogP contribution in [0.5, 0.6) is 5.75 Å². The number of hydrogen-bond acceptors (Lipinski definition) is 4. The fourth-order valence-corrected chi connectivity index (χ4v) is 0.878. The molecule has 1 atom stereocenters. The number of benzene rings is 1. The Balaban J connectivity index is 0.000000459. The van der Waals surface area contributed by atoms with E-state index >= 15 is 0 Å². The van der Waals surface area contributed by atoms with E-state index in [2.05, 4.69) is 11.3 Å². The van der Waals surface area contributed by atoms with Crippen LogP contribution in [0.3, 0.4) is 0 Å². The molecule has 0 bridgehead atoms. The van der Waals surface area contributed by atoms with Gasteiger partial charge in [-0.2, -0.15) is 0 Å². The summed E-state index contributed by atoms with van der Waals surface area (Å²) in [6.07, 6.45) is -1.51. The number of rotatable bonds is 4. The van der Waals surface area contributed by atoms with Crippen LogP contribution in [0.4, 0.5) is 4.79 Å². The highest BCUT2D eigenvalue weighted by molar-refractivity contribution is 5.84. The summed E-state index contributed by atoms with van der Waals surface area (Å²) in [5, 5.41) is 7.89. The predicted octanol–water partition coefficient (Wildman–Crippen LogP) is 2.15. The molecule has 1 amide bonds. The summed E-state index contributed by atoms with van der Waals surface area (Å²) in [6.45, 7) is 6.20. The summed E-state index contributed by atoms with van der Waals surface area (Å²) in [7, 11) is 0. The molecule has 19 heavy (non-hydrogen) atoms. The van der Waals surface area contributed by atoms with Crippen LogP contribution >= 0.6 is 0 Å². The van der Waals surface area contributed by atoms with Crippen LogP contribution in [0.1, 0.15) is 13.8 Å². The molecular weight excluding hydrogens is 250 g/mol. The van der Waals surface area contributed by atoms with Gasteiger partial charge in [-0.1, -0.05) is 24.8 Å². The summed E-state index contributed by atoms with van der Waals surface area (Å²) >= 11 is 0. The number of carbonyl (C=O) groups excluding carboxylic acids is 1. The highest BCUT2D eigenvalue weighted by atomic mass is 16.7. The van der Waals surface area contributed by atoms with Crippen molar-refractivity contribution in [2.45, 2.75) is 20.1 Å². The number of ether oxygens (including phenoxy) is 2. The molecule has 1 rings (SSSR count). The maximum Gasteiger partial charge on any atom is 0.407 e. The largest absolute Gasteiger partial charge is 0.478 e. The minimum absolute atomic E-state index is 0.176. The Morgan fingerprint density at radius 3 is 2.16 bits per heavy atom. The number of primary amides is 1. The van der Waals surface area contributed by atoms with Crippen molar-refractivity contribution < 1.29 is 24.2 Å². The predicted molar refractivity (Wildman–Crippen MR) is 69.7 cm³/mol. The van der Waals surface area contributed by atoms with Crippen LogP contribution in [-0.2, 0) is 9.53 Å². The zero-order valence-electron chi connectivity index (χ0n) is 10.8. The van der Waals surface area contributed by atoms with Crippen molar-refractivity contribution in [3.63, 3.8) is 0 Å². The van der Waals surface area contributed by atoms with Crippen molar-refractivity contribution in [1.29, 1.82) is 0 Å². The van der Waals surface area contributed by atoms with E-state index < -0.39 is 18.4 Å². The Morgan fingerprint density at radius 2 is 1.79 bits per heavy atom. The zero-order chi connectivity index (χ0) is 14.8. The standard InChI is InChI=1S/C9H11NO3.C4H6O2/c1-7(13-9(10)11)12-8-5-3-2-4-6-8;1-3(2)4(5)6/h2-7H,1H3,(H2,10,11);1H2,2H3,(H,5,6). The van der Waals surface area contributed by atoms with Crippen molar-refractivity contribution in [3.8, 4) is 5.75 Å². The molecule has 1 aromatic rings. The van der Waals surface area contributed by atoms with Crippen LogP contribution in [-0.4, -0.2) is 23.5 Å². The molecule has 1 aromatic carbocycles. The third-order valence-corrected chi connectivity index (χ3v) is 1.69. The van der Waals surface area contributed by atoms with E-state index in [1.807, 2.05) is 18.2 Å². The van der Waals surface area contributed by atoms with Crippen molar-refractivity contribution in [2.75, 3.05) is 0 Å². The molecule has 3 N–H and O–H groups in total. The molecule has 0 fully saturated rings. The summed E-state index contributed by atoms with van der Waals surface area (Å²) in [5.41, 5.74) is 4.98. The molecule has 0 aliphatic rings. The Kier molecular flexibility index (Phi) is 7.44. The zero-order valence-corrected chi connectivity index (χ0v) is 10.8. The summed E-state index contributed by atoms with van der Waals surface area (Å²) in [5.74, 6) is -0.300. The average molecular weight is 267 g/mol. The number of amides is 1. The molecule has 1 unspecified atom stereocenters. The highest BCUT2D eigenvalue weighted by Gasteiger charge is 2.05. The van der Waals surface area contributed by atoms with Gasteiger partial charge in [-0.15, -0.1) is 0 Å². The molecule has 0 spiro atoms. The second-order valence-electron chi connectivity index (χ2n) is 3.52. The quantitative estimate of drug-likeness (QED) is 0.643. The average Bonchev–Trinajstić information content (AvgIpc) is 2.29. The van der Waals surface area contributed by atoms with Crippen LogP contribution < -0.4 is 10.5 Å². The maximum atomic E-state index is 10.3. The van der Waals surface area contributed by atoms with E-state index in [1.54, 1.807) is 19.1 Å². The van der Waals surface area contributed by atoms with Gasteiger partial charge in [0.25, 0.3) is 0 Å². The van der Waals surface area contributed by atoms with Gasteiger partial charge >= 0.3 is 12.1 Å². The lowest BCUT2D eigenvalue weighted by Gasteiger charge is -2.13. The fourth-order valence-electron chi connectivity index (χ4n) is 0.878. The third-order valence-electron chi connectivity index (χ3n) is 1.69. The lowest BCUT2D eigenvalue weighted by molar-refractivity contribution is -0.132. The van der Waals surface area contributed by atoms with Gasteiger partial charge in [-0.25, -0.2) is 9.59 Å². The Morgan fingerprint density at radius 1 is 1.32 bits per heavy atom. The number of carboxylic acid groups (broad SMARTS) is 1. The molecular formula is C13H17NO5. The smallest absolute Gasteiger partial charge is 0.407 e. The van der Waals surface area contributed by atoms with Crippen molar-refractivity contribution in [3.05, 3.63) is 42.5 Å². The molecule has 6 nitrogen and oxygen atoms in total. The summed E-state index contributed by atoms with van der Waals surface area (Å²) in [6, 6.07) is 9.05. The Hall–Kier alpha value is -2.50. The van der Waals surface area contributed by atoms with Crippen molar-refractivity contribution >= 4 is 12.1 Å². The molecule has 0 aromatic heterocycles. The van der Waals surface area contributed by atoms with Crippen LogP contribution in [0.25, 0.3) is 0 Å². The fraction of sp³-hybridized carbons (Fsp3) is 0.231. The van der Waals surface area contributed by atoms with Gasteiger partial charge in [-0.3, -0.25) is 0 Å². The number of aliphatic carboxylic acids is 1. The van der Waals surface area contributed by atoms with Crippen LogP contribution in [0.2, 0.25) is 0 Å². The summed E-state index contributed by atoms with van der Waals surface area (Å²) < 4.78 is 9.77. The van der Waals surface area contributed by atoms with E-state index in [4.69, 9.17) is 15.6 Å². The lowest BCUT2D eigenvalue weighted by Crippen LogP contribution is -2.24. The SMILES string of the molecule is C=C(C)C(=O)O.CC(OC(N)=O)Oc1ccccc1. The summed E-state index contributed by atoms with van der Waals surface area (Å²) in [4.78, 5) is 19.9. The van der Waals surface area contributed by atoms with E-state index in [1.165, 1.54) is 6.92 Å². The van der Waals surface area contributed by atoms with Crippen molar-refractivity contribution in [1.82, 2.24) is 0 Å². The lowest BCUT2D eigenvalue weighted by atomic mass is 10.3. The number of carbonyl (C=O) groups is 2. The molecule has 0 saturated heterocycles. The minimum Gasteiger partial charge on any atom is -0.478 e. The van der Waals surface area contributed by atoms with E-state index in [0.29, 0.717) is 5.75 Å². The molecule has 104 valence electrons. The van der Waals surface area contributed by atoms with E-state index in [9.17, 15) is 9.59 Å². The molecule has 0 aliphatic carbocycles. The van der Waals surface area contributed by atoms with Gasteiger partial charge in [0.15, 0.2) is 0 Å². The minimum atomic E-state index is -0.935. The van der Waals surface area contributed by atoms with Crippen LogP contribution in [0.15, 0.2) is 42.5 Å². The number of nitrogens with two attached hydrogens (primary N) is 1. The Bertz CT molecular complexity index is 418. The maximum absolute atomic E-state index is 10.3. The first-order valence-electron chi connectivity index (χ1n) is 5.39. The van der Waals surface area contributed by atoms with Gasteiger partial charge in [-0.05, 0) is 19.1 Å². The van der Waals surface area contributed by atoms with Gasteiger partial charge < -0.3 is 20.3 Å². The van der Waals surface area contributed by atoms with Gasteiger partial charge in [0.05, 0.1) is 0 Å². The number of para-hydroxylation sites is 1. The number of hydrogen-bond donors (Lipinski definition) is 2. The first-order chi connectivity index (χ1) is 8.82. The highest BCUT2D eigenvalue weighted by Crippen LogP contribution is 2.10. The molecule has 0 saturated carbocycles. The second-order valence-corrected chi connectivity index (χ2v) is 3.52. The normalized spacial score (nSPS) is 10.4. The van der Waals surface area contributed by atoms with Gasteiger partial charge in [0.1, 0.15) is 5.75 Å². The van der Waals surface area contributed by atoms with Crippen LogP contribution in [0, 0.1) is 0 Å². The topological polar surface area (TPSA) is 98.9 Å². The van der Waals surface area contributed by atoms with Crippen molar-refractivity contribution in [2.24, 2.45) is 5.73 Å². The first-order valence-corrected chi connectivity index (χ1v) is 5.39. The first kappa shape index (κ1) is 16.5.